The van der Waals surface area contributed by atoms with Crippen molar-refractivity contribution in [2.75, 3.05) is 50.9 Å². The number of ether oxygens (including phenoxy) is 1. The van der Waals surface area contributed by atoms with E-state index in [1.807, 2.05) is 11.0 Å². The highest BCUT2D eigenvalue weighted by Crippen LogP contribution is 2.31. The molecule has 0 atom stereocenters. The van der Waals surface area contributed by atoms with E-state index in [4.69, 9.17) is 4.74 Å². The highest BCUT2D eigenvalue weighted by molar-refractivity contribution is 7.92. The summed E-state index contributed by atoms with van der Waals surface area (Å²) in [5, 5.41) is 0. The van der Waals surface area contributed by atoms with Crippen LogP contribution in [0.3, 0.4) is 0 Å². The Kier molecular flexibility index (Phi) is 7.10. The van der Waals surface area contributed by atoms with Gasteiger partial charge in [-0.3, -0.25) is 14.8 Å². The molecule has 4 rings (SSSR count). The Hall–Kier alpha value is -2.37. The van der Waals surface area contributed by atoms with E-state index in [1.165, 1.54) is 25.0 Å². The number of anilines is 1. The van der Waals surface area contributed by atoms with Crippen molar-refractivity contribution in [1.82, 2.24) is 14.8 Å². The van der Waals surface area contributed by atoms with Crippen molar-refractivity contribution in [2.45, 2.75) is 29.8 Å². The fourth-order valence-corrected chi connectivity index (χ4v) is 4.92. The number of rotatable bonds is 8. The summed E-state index contributed by atoms with van der Waals surface area (Å²) in [6, 6.07) is 6.79. The second-order valence-corrected chi connectivity index (χ2v) is 10.2. The molecular weight excluding hydrogens is 457 g/mol. The largest absolute Gasteiger partial charge is 0.501 e. The predicted octanol–water partition coefficient (Wildman–Crippen LogP) is 3.13. The second kappa shape index (κ2) is 9.86. The van der Waals surface area contributed by atoms with E-state index >= 15 is 0 Å². The molecule has 0 N–H and O–H groups in total. The van der Waals surface area contributed by atoms with Crippen LogP contribution in [0.25, 0.3) is 0 Å². The molecule has 2 aromatic rings. The van der Waals surface area contributed by atoms with E-state index < -0.39 is 20.2 Å². The summed E-state index contributed by atoms with van der Waals surface area (Å²) >= 11 is 0. The van der Waals surface area contributed by atoms with Crippen LogP contribution in [0.1, 0.15) is 18.4 Å². The highest BCUT2D eigenvalue weighted by atomic mass is 32.2. The highest BCUT2D eigenvalue weighted by Gasteiger charge is 2.46. The average Bonchev–Trinajstić information content (AvgIpc) is 3.47. The smallest absolute Gasteiger partial charge is 0.490 e. The summed E-state index contributed by atoms with van der Waals surface area (Å²) in [6.45, 7) is 6.41. The van der Waals surface area contributed by atoms with Gasteiger partial charge in [0.1, 0.15) is 12.4 Å². The van der Waals surface area contributed by atoms with Crippen LogP contribution in [0.15, 0.2) is 47.6 Å². The number of benzene rings is 1. The van der Waals surface area contributed by atoms with Crippen LogP contribution in [0.2, 0.25) is 0 Å². The first-order valence-corrected chi connectivity index (χ1v) is 12.4. The third-order valence-corrected chi connectivity index (χ3v) is 7.50. The van der Waals surface area contributed by atoms with Gasteiger partial charge < -0.3 is 9.64 Å². The summed E-state index contributed by atoms with van der Waals surface area (Å²) in [5.74, 6) is 0.761. The third-order valence-electron chi connectivity index (χ3n) is 6.00. The van der Waals surface area contributed by atoms with Crippen LogP contribution in [0.4, 0.5) is 18.9 Å². The maximum Gasteiger partial charge on any atom is 0.501 e. The first kappa shape index (κ1) is 23.8. The van der Waals surface area contributed by atoms with Gasteiger partial charge in [0.05, 0.1) is 17.8 Å². The molecule has 0 aliphatic carbocycles. The molecule has 0 amide bonds. The summed E-state index contributed by atoms with van der Waals surface area (Å²) in [5.41, 5.74) is -3.60. The number of hydrogen-bond donors (Lipinski definition) is 0. The topological polar surface area (TPSA) is 66.0 Å². The Morgan fingerprint density at radius 3 is 2.39 bits per heavy atom. The van der Waals surface area contributed by atoms with Gasteiger partial charge in [-0.25, -0.2) is 8.42 Å². The van der Waals surface area contributed by atoms with Gasteiger partial charge in [-0.2, -0.15) is 13.2 Å². The first-order chi connectivity index (χ1) is 15.7. The lowest BCUT2D eigenvalue weighted by Crippen LogP contribution is -2.26. The number of nitrogens with zero attached hydrogens (tertiary/aromatic N) is 4. The predicted molar refractivity (Wildman–Crippen MR) is 118 cm³/mol. The van der Waals surface area contributed by atoms with Crippen molar-refractivity contribution >= 4 is 15.5 Å². The van der Waals surface area contributed by atoms with Gasteiger partial charge in [-0.1, -0.05) is 0 Å². The van der Waals surface area contributed by atoms with E-state index in [-0.39, 0.29) is 0 Å². The average molecular weight is 485 g/mol. The zero-order valence-electron chi connectivity index (χ0n) is 18.2. The minimum Gasteiger partial charge on any atom is -0.490 e. The van der Waals surface area contributed by atoms with Crippen LogP contribution in [-0.2, 0) is 16.4 Å². The third kappa shape index (κ3) is 5.59. The molecule has 1 aromatic carbocycles. The SMILES string of the molecule is O=S(=O)(c1ccc(N2CCN(Cc3ccncc3OCCN3CCCC3)C2)cc1)C(F)(F)F. The molecule has 1 aromatic heterocycles. The van der Waals surface area contributed by atoms with E-state index in [0.717, 1.165) is 49.6 Å². The molecule has 0 radical (unpaired) electrons. The lowest BCUT2D eigenvalue weighted by Gasteiger charge is -2.21. The molecule has 11 heteroatoms. The molecular formula is C22H27F3N4O3S. The van der Waals surface area contributed by atoms with Gasteiger partial charge in [0.2, 0.25) is 0 Å². The summed E-state index contributed by atoms with van der Waals surface area (Å²) in [7, 11) is -5.34. The molecule has 33 heavy (non-hydrogen) atoms. The van der Waals surface area contributed by atoms with Gasteiger partial charge in [0.25, 0.3) is 9.84 Å². The van der Waals surface area contributed by atoms with Crippen molar-refractivity contribution in [3.8, 4) is 5.75 Å². The maximum absolute atomic E-state index is 12.7. The van der Waals surface area contributed by atoms with Crippen molar-refractivity contribution in [3.63, 3.8) is 0 Å². The fraction of sp³-hybridized carbons (Fsp3) is 0.500. The Labute approximate surface area is 191 Å². The number of aromatic nitrogens is 1. The lowest BCUT2D eigenvalue weighted by atomic mass is 10.2. The number of halogens is 3. The van der Waals surface area contributed by atoms with E-state index in [2.05, 4.69) is 14.8 Å². The van der Waals surface area contributed by atoms with Gasteiger partial charge in [0.15, 0.2) is 0 Å². The van der Waals surface area contributed by atoms with Crippen molar-refractivity contribution < 1.29 is 26.3 Å². The Morgan fingerprint density at radius 2 is 1.70 bits per heavy atom. The normalized spacial score (nSPS) is 18.2. The van der Waals surface area contributed by atoms with Crippen LogP contribution < -0.4 is 9.64 Å². The Morgan fingerprint density at radius 1 is 0.970 bits per heavy atom. The molecule has 2 fully saturated rings. The van der Waals surface area contributed by atoms with E-state index in [0.29, 0.717) is 32.1 Å². The fourth-order valence-electron chi connectivity index (χ4n) is 4.16. The molecule has 7 nitrogen and oxygen atoms in total. The molecule has 0 bridgehead atoms. The maximum atomic E-state index is 12.7. The number of hydrogen-bond acceptors (Lipinski definition) is 7. The minimum absolute atomic E-state index is 0.570. The molecule has 2 aliphatic heterocycles. The van der Waals surface area contributed by atoms with Crippen molar-refractivity contribution in [2.24, 2.45) is 0 Å². The number of alkyl halides is 3. The zero-order chi connectivity index (χ0) is 23.5. The van der Waals surface area contributed by atoms with Crippen LogP contribution in [0.5, 0.6) is 5.75 Å². The van der Waals surface area contributed by atoms with Gasteiger partial charge in [0, 0.05) is 43.6 Å². The first-order valence-electron chi connectivity index (χ1n) is 10.9. The van der Waals surface area contributed by atoms with Crippen LogP contribution in [-0.4, -0.2) is 74.7 Å². The van der Waals surface area contributed by atoms with Gasteiger partial charge >= 0.3 is 5.51 Å². The minimum atomic E-state index is -5.34. The number of pyridine rings is 1. The van der Waals surface area contributed by atoms with Crippen molar-refractivity contribution in [1.29, 1.82) is 0 Å². The summed E-state index contributed by atoms with van der Waals surface area (Å²) in [6.07, 6.45) is 5.94. The lowest BCUT2D eigenvalue weighted by molar-refractivity contribution is -0.0436. The van der Waals surface area contributed by atoms with Crippen LogP contribution in [0, 0.1) is 0 Å². The molecule has 3 heterocycles. The Bertz CT molecular complexity index is 1040. The summed E-state index contributed by atoms with van der Waals surface area (Å²) < 4.78 is 67.3. The molecule has 2 saturated heterocycles. The monoisotopic (exact) mass is 484 g/mol. The van der Waals surface area contributed by atoms with E-state index in [1.54, 1.807) is 12.4 Å². The zero-order valence-corrected chi connectivity index (χ0v) is 19.0. The molecule has 2 aliphatic rings. The Balaban J connectivity index is 1.34. The molecule has 180 valence electrons. The van der Waals surface area contributed by atoms with Crippen molar-refractivity contribution in [3.05, 3.63) is 48.3 Å². The molecule has 0 unspecified atom stereocenters. The number of likely N-dealkylation sites (tertiary alicyclic amines) is 1. The van der Waals surface area contributed by atoms with Gasteiger partial charge in [-0.15, -0.1) is 0 Å². The summed E-state index contributed by atoms with van der Waals surface area (Å²) in [4.78, 5) is 10.0. The van der Waals surface area contributed by atoms with Crippen LogP contribution >= 0.6 is 0 Å². The standard InChI is InChI=1S/C22H27F3N4O3S/c23-22(24,25)33(30,31)20-5-3-19(4-6-20)29-12-11-28(17-29)16-18-7-8-26-15-21(18)32-14-13-27-9-1-2-10-27/h3-8,15H,1-2,9-14,16-17H2. The second-order valence-electron chi connectivity index (χ2n) is 8.28. The molecule has 0 saturated carbocycles. The van der Waals surface area contributed by atoms with Gasteiger partial charge in [-0.05, 0) is 56.3 Å². The number of sulfone groups is 1. The quantitative estimate of drug-likeness (QED) is 0.570. The molecule has 0 spiro atoms. The van der Waals surface area contributed by atoms with E-state index in [9.17, 15) is 21.6 Å².